The summed E-state index contributed by atoms with van der Waals surface area (Å²) < 4.78 is 16.1. The van der Waals surface area contributed by atoms with E-state index in [-0.39, 0.29) is 18.6 Å². The number of carbonyl (C=O) groups excluding carboxylic acids is 2. The van der Waals surface area contributed by atoms with Crippen LogP contribution in [0.5, 0.6) is 11.5 Å². The number of ether oxygens (including phenoxy) is 3. The Bertz CT molecular complexity index is 901. The highest BCUT2D eigenvalue weighted by molar-refractivity contribution is 5.93. The van der Waals surface area contributed by atoms with E-state index in [2.05, 4.69) is 0 Å². The Morgan fingerprint density at radius 2 is 1.90 bits per heavy atom. The topological polar surface area (TPSA) is 68.3 Å². The number of rotatable bonds is 6. The lowest BCUT2D eigenvalue weighted by molar-refractivity contribution is -0.153. The van der Waals surface area contributed by atoms with Crippen LogP contribution in [0.3, 0.4) is 0 Å². The summed E-state index contributed by atoms with van der Waals surface area (Å²) in [4.78, 5) is 28.6. The molecule has 2 atom stereocenters. The van der Waals surface area contributed by atoms with Crippen LogP contribution >= 0.6 is 0 Å². The molecule has 2 unspecified atom stereocenters. The number of likely N-dealkylation sites (tertiary alicyclic amines) is 2. The summed E-state index contributed by atoms with van der Waals surface area (Å²) in [5.74, 6) is 1.33. The number of benzene rings is 2. The first kappa shape index (κ1) is 19.1. The summed E-state index contributed by atoms with van der Waals surface area (Å²) in [5.41, 5.74) is 1.83. The maximum Gasteiger partial charge on any atom is 0.410 e. The van der Waals surface area contributed by atoms with Gasteiger partial charge in [-0.25, -0.2) is 4.79 Å². The average Bonchev–Trinajstić information content (AvgIpc) is 3.17. The average molecular weight is 396 g/mol. The predicted molar refractivity (Wildman–Crippen MR) is 106 cm³/mol. The van der Waals surface area contributed by atoms with Gasteiger partial charge >= 0.3 is 6.09 Å². The van der Waals surface area contributed by atoms with Crippen molar-refractivity contribution in [1.29, 1.82) is 0 Å². The zero-order valence-electron chi connectivity index (χ0n) is 16.5. The Hall–Kier alpha value is -3.22. The van der Waals surface area contributed by atoms with E-state index in [0.29, 0.717) is 24.6 Å². The van der Waals surface area contributed by atoms with E-state index in [9.17, 15) is 9.59 Å². The Kier molecular flexibility index (Phi) is 5.29. The van der Waals surface area contributed by atoms with Gasteiger partial charge in [0, 0.05) is 24.7 Å². The number of carbonyl (C=O) groups is 2. The molecule has 2 saturated heterocycles. The van der Waals surface area contributed by atoms with E-state index < -0.39 is 12.1 Å². The van der Waals surface area contributed by atoms with Crippen molar-refractivity contribution < 1.29 is 23.8 Å². The van der Waals surface area contributed by atoms with Crippen molar-refractivity contribution in [2.75, 3.05) is 20.8 Å². The predicted octanol–water partition coefficient (Wildman–Crippen LogP) is 2.83. The lowest BCUT2D eigenvalue weighted by Gasteiger charge is -2.45. The molecule has 2 aliphatic rings. The third-order valence-corrected chi connectivity index (χ3v) is 5.58. The van der Waals surface area contributed by atoms with Crippen molar-refractivity contribution in [3.05, 3.63) is 59.7 Å². The third kappa shape index (κ3) is 3.60. The first-order valence-corrected chi connectivity index (χ1v) is 9.61. The van der Waals surface area contributed by atoms with E-state index in [4.69, 9.17) is 14.2 Å². The van der Waals surface area contributed by atoms with Crippen LogP contribution < -0.4 is 9.47 Å². The molecule has 0 bridgehead atoms. The molecule has 29 heavy (non-hydrogen) atoms. The quantitative estimate of drug-likeness (QED) is 0.703. The molecular formula is C22H24N2O5. The minimum Gasteiger partial charge on any atom is -0.497 e. The fourth-order valence-electron chi connectivity index (χ4n) is 4.02. The van der Waals surface area contributed by atoms with E-state index >= 15 is 0 Å². The lowest BCUT2D eigenvalue weighted by atomic mass is 9.95. The van der Waals surface area contributed by atoms with Gasteiger partial charge in [0.15, 0.2) is 0 Å². The minimum absolute atomic E-state index is 0.0126. The van der Waals surface area contributed by atoms with Crippen molar-refractivity contribution in [2.45, 2.75) is 31.7 Å². The number of amides is 2. The molecule has 2 fully saturated rings. The van der Waals surface area contributed by atoms with E-state index in [1.807, 2.05) is 42.5 Å². The Morgan fingerprint density at radius 3 is 2.62 bits per heavy atom. The molecule has 2 aromatic rings. The number of hydrogen-bond donors (Lipinski definition) is 0. The molecule has 2 aromatic carbocycles. The fraction of sp³-hybridized carbons (Fsp3) is 0.364. The molecule has 152 valence electrons. The van der Waals surface area contributed by atoms with E-state index in [0.717, 1.165) is 17.5 Å². The molecule has 2 aliphatic heterocycles. The van der Waals surface area contributed by atoms with Crippen LogP contribution in [-0.2, 0) is 22.7 Å². The van der Waals surface area contributed by atoms with Crippen LogP contribution in [0, 0.1) is 0 Å². The van der Waals surface area contributed by atoms with Crippen LogP contribution in [0.15, 0.2) is 48.5 Å². The monoisotopic (exact) mass is 396 g/mol. The second-order valence-corrected chi connectivity index (χ2v) is 7.18. The number of fused-ring (bicyclic) bond motifs is 1. The molecule has 4 rings (SSSR count). The van der Waals surface area contributed by atoms with Crippen molar-refractivity contribution >= 4 is 12.0 Å². The molecule has 0 spiro atoms. The van der Waals surface area contributed by atoms with Crippen LogP contribution in [-0.4, -0.2) is 54.6 Å². The zero-order chi connectivity index (χ0) is 20.4. The maximum atomic E-state index is 12.8. The van der Waals surface area contributed by atoms with Gasteiger partial charge in [-0.1, -0.05) is 30.3 Å². The summed E-state index contributed by atoms with van der Waals surface area (Å²) in [6.07, 6.45) is 0.311. The number of nitrogens with zero attached hydrogens (tertiary/aromatic N) is 2. The van der Waals surface area contributed by atoms with Gasteiger partial charge in [0.05, 0.1) is 20.3 Å². The van der Waals surface area contributed by atoms with E-state index in [1.54, 1.807) is 30.1 Å². The fourth-order valence-corrected chi connectivity index (χ4v) is 4.02. The Balaban J connectivity index is 1.38. The lowest BCUT2D eigenvalue weighted by Crippen LogP contribution is -2.66. The minimum atomic E-state index is -0.434. The molecule has 2 heterocycles. The third-order valence-electron chi connectivity index (χ3n) is 5.58. The van der Waals surface area contributed by atoms with Gasteiger partial charge in [0.2, 0.25) is 5.91 Å². The summed E-state index contributed by atoms with van der Waals surface area (Å²) in [6.45, 7) is 1.17. The Morgan fingerprint density at radius 1 is 1.10 bits per heavy atom. The molecule has 7 nitrogen and oxygen atoms in total. The largest absolute Gasteiger partial charge is 0.497 e. The first-order chi connectivity index (χ1) is 14.1. The molecule has 0 aromatic heterocycles. The second kappa shape index (κ2) is 8.03. The second-order valence-electron chi connectivity index (χ2n) is 7.18. The van der Waals surface area contributed by atoms with Crippen molar-refractivity contribution in [2.24, 2.45) is 0 Å². The van der Waals surface area contributed by atoms with Crippen LogP contribution in [0.2, 0.25) is 0 Å². The van der Waals surface area contributed by atoms with E-state index in [1.165, 1.54) is 0 Å². The Labute approximate surface area is 169 Å². The van der Waals surface area contributed by atoms with Gasteiger partial charge in [-0.2, -0.15) is 0 Å². The van der Waals surface area contributed by atoms with Crippen molar-refractivity contribution in [3.63, 3.8) is 0 Å². The van der Waals surface area contributed by atoms with Gasteiger partial charge in [-0.3, -0.25) is 9.69 Å². The number of hydrogen-bond acceptors (Lipinski definition) is 5. The number of methoxy groups -OCH3 is 2. The molecule has 0 N–H and O–H groups in total. The summed E-state index contributed by atoms with van der Waals surface area (Å²) >= 11 is 0. The van der Waals surface area contributed by atoms with Gasteiger partial charge < -0.3 is 19.1 Å². The van der Waals surface area contributed by atoms with Gasteiger partial charge in [0.1, 0.15) is 24.1 Å². The first-order valence-electron chi connectivity index (χ1n) is 9.61. The van der Waals surface area contributed by atoms with Crippen LogP contribution in [0.4, 0.5) is 4.79 Å². The van der Waals surface area contributed by atoms with Crippen molar-refractivity contribution in [1.82, 2.24) is 9.80 Å². The smallest absolute Gasteiger partial charge is 0.410 e. The van der Waals surface area contributed by atoms with Crippen LogP contribution in [0.25, 0.3) is 0 Å². The molecule has 7 heteroatoms. The molecule has 0 aliphatic carbocycles. The van der Waals surface area contributed by atoms with Crippen LogP contribution in [0.1, 0.15) is 17.5 Å². The zero-order valence-corrected chi connectivity index (χ0v) is 16.5. The molecule has 0 saturated carbocycles. The number of β-lactam (4-membered cyclic amide) rings is 1. The standard InChI is InChI=1S/C22H24N2O5/c1-27-17-9-8-16(19(12-17)28-2)13-24-18-10-11-23(20(18)21(24)25)22(26)29-14-15-6-4-3-5-7-15/h3-9,12,18,20H,10-11,13-14H2,1-2H3. The summed E-state index contributed by atoms with van der Waals surface area (Å²) in [7, 11) is 3.20. The highest BCUT2D eigenvalue weighted by Gasteiger charge is 2.56. The van der Waals surface area contributed by atoms with Gasteiger partial charge in [-0.05, 0) is 24.1 Å². The highest BCUT2D eigenvalue weighted by Crippen LogP contribution is 2.37. The molecule has 0 radical (unpaired) electrons. The molecule has 2 amide bonds. The van der Waals surface area contributed by atoms with Gasteiger partial charge in [-0.15, -0.1) is 0 Å². The van der Waals surface area contributed by atoms with Crippen molar-refractivity contribution in [3.8, 4) is 11.5 Å². The maximum absolute atomic E-state index is 12.8. The normalized spacial score (nSPS) is 20.1. The van der Waals surface area contributed by atoms with Gasteiger partial charge in [0.25, 0.3) is 0 Å². The highest BCUT2D eigenvalue weighted by atomic mass is 16.6. The SMILES string of the molecule is COc1ccc(CN2C(=O)C3C2CCN3C(=O)OCc2ccccc2)c(OC)c1. The summed E-state index contributed by atoms with van der Waals surface area (Å²) in [6, 6.07) is 14.7. The molecular weight excluding hydrogens is 372 g/mol. The summed E-state index contributed by atoms with van der Waals surface area (Å²) in [5, 5.41) is 0.